The van der Waals surface area contributed by atoms with E-state index in [0.29, 0.717) is 6.42 Å². The van der Waals surface area contributed by atoms with E-state index in [-0.39, 0.29) is 18.7 Å². The summed E-state index contributed by atoms with van der Waals surface area (Å²) in [4.78, 5) is 14.9. The van der Waals surface area contributed by atoms with Gasteiger partial charge in [0.1, 0.15) is 6.10 Å². The van der Waals surface area contributed by atoms with Crippen LogP contribution in [-0.4, -0.2) is 48.3 Å². The second kappa shape index (κ2) is 33.6. The lowest BCUT2D eigenvalue weighted by Crippen LogP contribution is -2.29. The smallest absolute Gasteiger partial charge is 0.306 e. The number of aliphatic hydroxyl groups excluding tert-OH is 1. The van der Waals surface area contributed by atoms with Crippen LogP contribution in [0.2, 0.25) is 0 Å². The highest BCUT2D eigenvalue weighted by Gasteiger charge is 2.14. The molecule has 0 aromatic carbocycles. The molecule has 0 aliphatic heterocycles. The van der Waals surface area contributed by atoms with E-state index in [0.717, 1.165) is 45.3 Å². The Balaban J connectivity index is 3.81. The largest absolute Gasteiger partial charge is 0.462 e. The minimum Gasteiger partial charge on any atom is -0.462 e. The number of unbranched alkanes of at least 4 members (excludes halogenated alkanes) is 18. The molecule has 0 aromatic rings. The van der Waals surface area contributed by atoms with Crippen molar-refractivity contribution in [1.29, 1.82) is 0 Å². The second-order valence-electron chi connectivity index (χ2n) is 12.4. The first-order chi connectivity index (χ1) is 20.2. The summed E-state index contributed by atoms with van der Waals surface area (Å²) in [6, 6.07) is 0. The molecule has 1 N–H and O–H groups in total. The van der Waals surface area contributed by atoms with Crippen molar-refractivity contribution in [2.75, 3.05) is 26.2 Å². The molecule has 1 atom stereocenters. The van der Waals surface area contributed by atoms with Crippen LogP contribution in [0.4, 0.5) is 0 Å². The molecule has 41 heavy (non-hydrogen) atoms. The Kier molecular flexibility index (Phi) is 32.9. The molecule has 0 saturated heterocycles. The first-order valence-corrected chi connectivity index (χ1v) is 18.4. The zero-order chi connectivity index (χ0) is 30.1. The summed E-state index contributed by atoms with van der Waals surface area (Å²) in [6.45, 7) is 9.99. The number of ether oxygens (including phenoxy) is 1. The van der Waals surface area contributed by atoms with E-state index in [4.69, 9.17) is 4.74 Å². The Hall–Kier alpha value is -0.870. The van der Waals surface area contributed by atoms with Gasteiger partial charge in [0.15, 0.2) is 0 Å². The van der Waals surface area contributed by atoms with E-state index in [1.54, 1.807) is 0 Å². The molecule has 0 amide bonds. The summed E-state index contributed by atoms with van der Waals surface area (Å²) in [7, 11) is 0. The van der Waals surface area contributed by atoms with E-state index in [2.05, 4.69) is 37.8 Å². The monoisotopic (exact) mass is 580 g/mol. The van der Waals surface area contributed by atoms with Crippen molar-refractivity contribution in [3.05, 3.63) is 12.2 Å². The molecular formula is C37H73NO3. The lowest BCUT2D eigenvalue weighted by molar-refractivity contribution is -0.150. The van der Waals surface area contributed by atoms with Crippen molar-refractivity contribution < 1.29 is 14.6 Å². The third-order valence-corrected chi connectivity index (χ3v) is 8.32. The molecule has 244 valence electrons. The van der Waals surface area contributed by atoms with Gasteiger partial charge in [-0.15, -0.1) is 0 Å². The highest BCUT2D eigenvalue weighted by atomic mass is 16.5. The van der Waals surface area contributed by atoms with Crippen LogP contribution in [0.25, 0.3) is 0 Å². The van der Waals surface area contributed by atoms with Gasteiger partial charge in [-0.3, -0.25) is 4.79 Å². The maximum atomic E-state index is 12.4. The first kappa shape index (κ1) is 40.1. The highest BCUT2D eigenvalue weighted by molar-refractivity contribution is 5.69. The van der Waals surface area contributed by atoms with Crippen molar-refractivity contribution in [2.24, 2.45) is 0 Å². The average Bonchev–Trinajstić information content (AvgIpc) is 2.97. The third-order valence-electron chi connectivity index (χ3n) is 8.32. The van der Waals surface area contributed by atoms with Crippen LogP contribution in [0.5, 0.6) is 0 Å². The molecule has 0 rings (SSSR count). The zero-order valence-corrected chi connectivity index (χ0v) is 28.2. The molecule has 0 saturated carbocycles. The van der Waals surface area contributed by atoms with Crippen molar-refractivity contribution in [2.45, 2.75) is 194 Å². The maximum Gasteiger partial charge on any atom is 0.306 e. The molecule has 4 heteroatoms. The van der Waals surface area contributed by atoms with Gasteiger partial charge in [0.2, 0.25) is 0 Å². The summed E-state index contributed by atoms with van der Waals surface area (Å²) in [5.74, 6) is 0.0192. The molecule has 0 aliphatic rings. The molecule has 1 unspecified atom stereocenters. The number of carbonyl (C=O) groups is 1. The average molecular weight is 580 g/mol. The number of nitrogens with zero attached hydrogens (tertiary/aromatic N) is 1. The Morgan fingerprint density at radius 3 is 1.61 bits per heavy atom. The summed E-state index contributed by atoms with van der Waals surface area (Å²) >= 11 is 0. The zero-order valence-electron chi connectivity index (χ0n) is 28.2. The van der Waals surface area contributed by atoms with E-state index >= 15 is 0 Å². The van der Waals surface area contributed by atoms with Gasteiger partial charge < -0.3 is 14.7 Å². The fraction of sp³-hybridized carbons (Fsp3) is 0.919. The standard InChI is InChI=1S/C37H73NO3/c1-4-7-10-12-13-14-15-16-17-18-19-22-27-32-38(34-35-39)33-28-23-20-21-26-31-37(40)41-36(29-24-9-6-3)30-25-11-8-5-2/h13-14,36,39H,4-12,15-35H2,1-3H3/b14-13-. The van der Waals surface area contributed by atoms with E-state index in [9.17, 15) is 9.90 Å². The quantitative estimate of drug-likeness (QED) is 0.0477. The van der Waals surface area contributed by atoms with Crippen LogP contribution in [0.15, 0.2) is 12.2 Å². The molecular weight excluding hydrogens is 506 g/mol. The van der Waals surface area contributed by atoms with Crippen LogP contribution in [-0.2, 0) is 9.53 Å². The fourth-order valence-electron chi connectivity index (χ4n) is 5.59. The predicted molar refractivity (Wildman–Crippen MR) is 180 cm³/mol. The summed E-state index contributed by atoms with van der Waals surface area (Å²) < 4.78 is 5.89. The van der Waals surface area contributed by atoms with Crippen molar-refractivity contribution in [1.82, 2.24) is 4.90 Å². The molecule has 0 fully saturated rings. The highest BCUT2D eigenvalue weighted by Crippen LogP contribution is 2.17. The van der Waals surface area contributed by atoms with Gasteiger partial charge in [0.25, 0.3) is 0 Å². The lowest BCUT2D eigenvalue weighted by Gasteiger charge is -2.21. The summed E-state index contributed by atoms with van der Waals surface area (Å²) in [6.07, 6.45) is 36.3. The molecule has 0 radical (unpaired) electrons. The minimum atomic E-state index is 0.0192. The number of carbonyl (C=O) groups excluding carboxylic acids is 1. The van der Waals surface area contributed by atoms with Crippen molar-refractivity contribution in [3.8, 4) is 0 Å². The van der Waals surface area contributed by atoms with Gasteiger partial charge in [0, 0.05) is 13.0 Å². The molecule has 0 aliphatic carbocycles. The molecule has 4 nitrogen and oxygen atoms in total. The Morgan fingerprint density at radius 1 is 0.585 bits per heavy atom. The fourth-order valence-corrected chi connectivity index (χ4v) is 5.59. The Morgan fingerprint density at radius 2 is 1.02 bits per heavy atom. The summed E-state index contributed by atoms with van der Waals surface area (Å²) in [5.41, 5.74) is 0. The van der Waals surface area contributed by atoms with Crippen LogP contribution in [0.1, 0.15) is 188 Å². The number of hydrogen-bond acceptors (Lipinski definition) is 4. The molecule has 0 bridgehead atoms. The van der Waals surface area contributed by atoms with Gasteiger partial charge in [-0.05, 0) is 83.7 Å². The van der Waals surface area contributed by atoms with Crippen LogP contribution in [0.3, 0.4) is 0 Å². The van der Waals surface area contributed by atoms with Gasteiger partial charge in [-0.1, -0.05) is 123 Å². The normalized spacial score (nSPS) is 12.5. The minimum absolute atomic E-state index is 0.0192. The van der Waals surface area contributed by atoms with Crippen molar-refractivity contribution in [3.63, 3.8) is 0 Å². The number of esters is 1. The third kappa shape index (κ3) is 30.4. The van der Waals surface area contributed by atoms with Crippen LogP contribution in [0, 0.1) is 0 Å². The van der Waals surface area contributed by atoms with Gasteiger partial charge in [-0.2, -0.15) is 0 Å². The number of hydrogen-bond donors (Lipinski definition) is 1. The maximum absolute atomic E-state index is 12.4. The van der Waals surface area contributed by atoms with Gasteiger partial charge >= 0.3 is 5.97 Å². The molecule has 0 spiro atoms. The topological polar surface area (TPSA) is 49.8 Å². The number of rotatable bonds is 33. The van der Waals surface area contributed by atoms with Crippen LogP contribution >= 0.6 is 0 Å². The molecule has 0 aromatic heterocycles. The van der Waals surface area contributed by atoms with E-state index < -0.39 is 0 Å². The van der Waals surface area contributed by atoms with E-state index in [1.165, 1.54) is 135 Å². The van der Waals surface area contributed by atoms with Gasteiger partial charge in [-0.25, -0.2) is 0 Å². The Bertz CT molecular complexity index is 550. The summed E-state index contributed by atoms with van der Waals surface area (Å²) in [5, 5.41) is 9.47. The van der Waals surface area contributed by atoms with E-state index in [1.807, 2.05) is 0 Å². The number of aliphatic hydroxyl groups is 1. The van der Waals surface area contributed by atoms with Gasteiger partial charge in [0.05, 0.1) is 6.61 Å². The molecule has 0 heterocycles. The Labute approximate surface area is 257 Å². The first-order valence-electron chi connectivity index (χ1n) is 18.4. The van der Waals surface area contributed by atoms with Crippen molar-refractivity contribution >= 4 is 5.97 Å². The second-order valence-corrected chi connectivity index (χ2v) is 12.4. The predicted octanol–water partition coefficient (Wildman–Crippen LogP) is 11.0. The SMILES string of the molecule is CCCCC/C=C\CCCCCCCCN(CCO)CCCCCCCC(=O)OC(CCCCC)CCCCCC. The lowest BCUT2D eigenvalue weighted by atomic mass is 10.0. The number of allylic oxidation sites excluding steroid dienone is 2. The van der Waals surface area contributed by atoms with Crippen LogP contribution < -0.4 is 0 Å².